The minimum atomic E-state index is -0.104. The molecular formula is C20H25IN2O3. The lowest BCUT2D eigenvalue weighted by atomic mass is 9.91. The van der Waals surface area contributed by atoms with Crippen molar-refractivity contribution in [2.75, 3.05) is 33.4 Å². The van der Waals surface area contributed by atoms with Gasteiger partial charge in [-0.25, -0.2) is 4.98 Å². The Bertz CT molecular complexity index is 708. The van der Waals surface area contributed by atoms with Crippen LogP contribution < -0.4 is 9.47 Å². The third-order valence-corrected chi connectivity index (χ3v) is 6.86. The Morgan fingerprint density at radius 3 is 3.19 bits per heavy atom. The van der Waals surface area contributed by atoms with Crippen molar-refractivity contribution in [1.82, 2.24) is 9.88 Å². The Balaban J connectivity index is 1.37. The zero-order chi connectivity index (χ0) is 18.0. The van der Waals surface area contributed by atoms with Gasteiger partial charge in [0.05, 0.1) is 9.53 Å². The van der Waals surface area contributed by atoms with Gasteiger partial charge in [0.15, 0.2) is 11.9 Å². The van der Waals surface area contributed by atoms with Gasteiger partial charge in [-0.15, -0.1) is 0 Å². The number of likely N-dealkylation sites (tertiary alicyclic amines) is 1. The molecule has 2 aliphatic heterocycles. The first kappa shape index (κ1) is 18.3. The molecule has 0 aromatic carbocycles. The van der Waals surface area contributed by atoms with Gasteiger partial charge in [-0.1, -0.05) is 40.8 Å². The summed E-state index contributed by atoms with van der Waals surface area (Å²) in [4.78, 5) is 6.79. The molecule has 26 heavy (non-hydrogen) atoms. The van der Waals surface area contributed by atoms with E-state index in [2.05, 4.69) is 50.7 Å². The molecule has 0 spiro atoms. The fraction of sp³-hybridized carbons (Fsp3) is 0.550. The summed E-state index contributed by atoms with van der Waals surface area (Å²) in [7, 11) is 1.82. The summed E-state index contributed by atoms with van der Waals surface area (Å²) in [5.41, 5.74) is 1.38. The SMILES string of the molecule is COC1CCCN(CC2=CCC(I)([C@H]3COc4cccnc4O3)C=C2)C1. The summed E-state index contributed by atoms with van der Waals surface area (Å²) in [6, 6.07) is 3.77. The Morgan fingerprint density at radius 2 is 2.38 bits per heavy atom. The molecule has 4 rings (SSSR count). The Hall–Kier alpha value is -1.12. The van der Waals surface area contributed by atoms with Crippen molar-refractivity contribution in [3.05, 3.63) is 42.1 Å². The first-order valence-electron chi connectivity index (χ1n) is 9.23. The lowest BCUT2D eigenvalue weighted by Crippen LogP contribution is -2.46. The smallest absolute Gasteiger partial charge is 0.257 e. The first-order chi connectivity index (χ1) is 12.7. The van der Waals surface area contributed by atoms with Gasteiger partial charge < -0.3 is 14.2 Å². The Morgan fingerprint density at radius 1 is 1.46 bits per heavy atom. The summed E-state index contributed by atoms with van der Waals surface area (Å²) in [6.07, 6.45) is 12.3. The molecule has 3 aliphatic rings. The van der Waals surface area contributed by atoms with E-state index in [0.29, 0.717) is 18.6 Å². The van der Waals surface area contributed by atoms with E-state index in [9.17, 15) is 0 Å². The summed E-state index contributed by atoms with van der Waals surface area (Å²) in [6.45, 7) is 3.73. The van der Waals surface area contributed by atoms with Crippen LogP contribution >= 0.6 is 22.6 Å². The van der Waals surface area contributed by atoms with Crippen molar-refractivity contribution in [3.8, 4) is 11.6 Å². The maximum atomic E-state index is 6.14. The van der Waals surface area contributed by atoms with Gasteiger partial charge in [-0.2, -0.15) is 0 Å². The van der Waals surface area contributed by atoms with Crippen molar-refractivity contribution in [2.24, 2.45) is 0 Å². The Kier molecular flexibility index (Phi) is 5.52. The molecule has 1 fully saturated rings. The van der Waals surface area contributed by atoms with Crippen LogP contribution in [-0.2, 0) is 4.74 Å². The monoisotopic (exact) mass is 468 g/mol. The normalized spacial score (nSPS) is 31.5. The van der Waals surface area contributed by atoms with Crippen molar-refractivity contribution in [2.45, 2.75) is 34.9 Å². The fourth-order valence-electron chi connectivity index (χ4n) is 3.78. The second kappa shape index (κ2) is 7.86. The molecule has 0 bridgehead atoms. The molecular weight excluding hydrogens is 443 g/mol. The van der Waals surface area contributed by atoms with E-state index in [-0.39, 0.29) is 9.53 Å². The highest BCUT2D eigenvalue weighted by atomic mass is 127. The highest BCUT2D eigenvalue weighted by Crippen LogP contribution is 2.40. The summed E-state index contributed by atoms with van der Waals surface area (Å²) in [5.74, 6) is 1.33. The molecule has 1 aliphatic carbocycles. The summed E-state index contributed by atoms with van der Waals surface area (Å²) < 4.78 is 17.4. The number of pyridine rings is 1. The van der Waals surface area contributed by atoms with Crippen molar-refractivity contribution in [3.63, 3.8) is 0 Å². The average Bonchev–Trinajstić information content (AvgIpc) is 2.69. The third kappa shape index (κ3) is 3.92. The number of hydrogen-bond donors (Lipinski definition) is 0. The molecule has 0 saturated carbocycles. The molecule has 6 heteroatoms. The van der Waals surface area contributed by atoms with Crippen LogP contribution in [0.5, 0.6) is 11.6 Å². The van der Waals surface area contributed by atoms with Crippen molar-refractivity contribution < 1.29 is 14.2 Å². The van der Waals surface area contributed by atoms with E-state index in [4.69, 9.17) is 14.2 Å². The molecule has 5 nitrogen and oxygen atoms in total. The van der Waals surface area contributed by atoms with Crippen LogP contribution in [-0.4, -0.2) is 58.9 Å². The van der Waals surface area contributed by atoms with Gasteiger partial charge in [0, 0.05) is 26.4 Å². The molecule has 1 saturated heterocycles. The molecule has 1 aromatic rings. The molecule has 3 heterocycles. The van der Waals surface area contributed by atoms with Crippen LogP contribution in [0.2, 0.25) is 0 Å². The maximum Gasteiger partial charge on any atom is 0.257 e. The van der Waals surface area contributed by atoms with E-state index in [1.54, 1.807) is 6.20 Å². The predicted molar refractivity (Wildman–Crippen MR) is 109 cm³/mol. The highest BCUT2D eigenvalue weighted by Gasteiger charge is 2.40. The van der Waals surface area contributed by atoms with Gasteiger partial charge in [0.1, 0.15) is 6.61 Å². The second-order valence-corrected chi connectivity index (χ2v) is 9.21. The topological polar surface area (TPSA) is 43.8 Å². The molecule has 0 N–H and O–H groups in total. The number of aromatic nitrogens is 1. The van der Waals surface area contributed by atoms with Crippen LogP contribution in [0.15, 0.2) is 42.1 Å². The second-order valence-electron chi connectivity index (χ2n) is 7.20. The quantitative estimate of drug-likeness (QED) is 0.501. The Labute approximate surface area is 168 Å². The summed E-state index contributed by atoms with van der Waals surface area (Å²) >= 11 is 2.50. The standard InChI is InChI=1S/C20H25IN2O3/c1-24-16-4-3-11-23(13-16)12-15-6-8-20(21,9-7-15)18-14-25-17-5-2-10-22-19(17)26-18/h2,5-8,10,16,18H,3-4,9,11-14H2,1H3/t16?,18-,20?/m1/s1. The molecule has 0 amide bonds. The number of piperidine rings is 1. The molecule has 2 unspecified atom stereocenters. The number of methoxy groups -OCH3 is 1. The zero-order valence-electron chi connectivity index (χ0n) is 15.1. The van der Waals surface area contributed by atoms with Crippen molar-refractivity contribution >= 4 is 22.6 Å². The van der Waals surface area contributed by atoms with E-state index in [0.717, 1.165) is 31.8 Å². The summed E-state index contributed by atoms with van der Waals surface area (Å²) in [5, 5.41) is 0. The first-order valence-corrected chi connectivity index (χ1v) is 10.3. The van der Waals surface area contributed by atoms with E-state index < -0.39 is 0 Å². The lowest BCUT2D eigenvalue weighted by molar-refractivity contribution is 0.0349. The fourth-order valence-corrected chi connectivity index (χ4v) is 4.48. The zero-order valence-corrected chi connectivity index (χ0v) is 17.2. The molecule has 140 valence electrons. The van der Waals surface area contributed by atoms with Crippen LogP contribution in [0.25, 0.3) is 0 Å². The minimum absolute atomic E-state index is 0.0348. The van der Waals surface area contributed by atoms with Crippen LogP contribution in [0, 0.1) is 0 Å². The maximum absolute atomic E-state index is 6.14. The largest absolute Gasteiger partial charge is 0.484 e. The third-order valence-electron chi connectivity index (χ3n) is 5.37. The number of fused-ring (bicyclic) bond motifs is 1. The van der Waals surface area contributed by atoms with E-state index in [1.165, 1.54) is 18.4 Å². The van der Waals surface area contributed by atoms with E-state index >= 15 is 0 Å². The van der Waals surface area contributed by atoms with E-state index in [1.807, 2.05) is 19.2 Å². The number of allylic oxidation sites excluding steroid dienone is 1. The number of halogens is 1. The van der Waals surface area contributed by atoms with Gasteiger partial charge in [-0.05, 0) is 43.5 Å². The minimum Gasteiger partial charge on any atom is -0.484 e. The highest BCUT2D eigenvalue weighted by molar-refractivity contribution is 14.1. The number of rotatable bonds is 4. The van der Waals surface area contributed by atoms with Gasteiger partial charge in [0.2, 0.25) is 0 Å². The van der Waals surface area contributed by atoms with Gasteiger partial charge in [0.25, 0.3) is 5.88 Å². The van der Waals surface area contributed by atoms with Gasteiger partial charge in [-0.3, -0.25) is 4.90 Å². The molecule has 3 atom stereocenters. The predicted octanol–water partition coefficient (Wildman–Crippen LogP) is 3.39. The van der Waals surface area contributed by atoms with Crippen LogP contribution in [0.3, 0.4) is 0 Å². The average molecular weight is 468 g/mol. The van der Waals surface area contributed by atoms with Crippen LogP contribution in [0.4, 0.5) is 0 Å². The number of alkyl halides is 1. The molecule has 1 aromatic heterocycles. The number of hydrogen-bond acceptors (Lipinski definition) is 5. The molecule has 0 radical (unpaired) electrons. The van der Waals surface area contributed by atoms with Gasteiger partial charge >= 0.3 is 0 Å². The van der Waals surface area contributed by atoms with Crippen LogP contribution in [0.1, 0.15) is 19.3 Å². The van der Waals surface area contributed by atoms with Crippen molar-refractivity contribution in [1.29, 1.82) is 0 Å². The number of nitrogens with zero attached hydrogens (tertiary/aromatic N) is 2. The lowest BCUT2D eigenvalue weighted by Gasteiger charge is -2.38. The number of ether oxygens (including phenoxy) is 3.